The maximum absolute atomic E-state index is 12.8. The van der Waals surface area contributed by atoms with E-state index in [4.69, 9.17) is 5.73 Å². The maximum Gasteiger partial charge on any atom is 0.404 e. The number of phenolic OH excluding ortho intramolecular Hbond substituents is 1. The van der Waals surface area contributed by atoms with Crippen LogP contribution in [0.25, 0.3) is 0 Å². The Kier molecular flexibility index (Phi) is 4.53. The van der Waals surface area contributed by atoms with Gasteiger partial charge in [0.25, 0.3) is 0 Å². The van der Waals surface area contributed by atoms with E-state index >= 15 is 0 Å². The van der Waals surface area contributed by atoms with Gasteiger partial charge < -0.3 is 20.9 Å². The molecule has 0 aliphatic heterocycles. The van der Waals surface area contributed by atoms with Gasteiger partial charge in [0.15, 0.2) is 0 Å². The van der Waals surface area contributed by atoms with Crippen molar-refractivity contribution in [2.45, 2.75) is 6.54 Å². The van der Waals surface area contributed by atoms with Crippen LogP contribution >= 0.6 is 0 Å². The normalized spacial score (nSPS) is 10.1. The molecule has 6 heteroatoms. The molecule has 0 heterocycles. The quantitative estimate of drug-likeness (QED) is 0.648. The molecule has 0 saturated carbocycles. The summed E-state index contributed by atoms with van der Waals surface area (Å²) in [4.78, 5) is 10.2. The molecule has 0 aromatic heterocycles. The number of amides is 1. The molecular weight excluding hydrogens is 215 g/mol. The first-order valence-electron chi connectivity index (χ1n) is 4.70. The molecule has 0 bridgehead atoms. The van der Waals surface area contributed by atoms with Gasteiger partial charge in [-0.15, -0.1) is 0 Å². The highest BCUT2D eigenvalue weighted by atomic mass is 19.1. The van der Waals surface area contributed by atoms with Crippen molar-refractivity contribution in [1.82, 2.24) is 5.32 Å². The second-order valence-electron chi connectivity index (χ2n) is 3.12. The molecule has 1 amide bonds. The number of hydrogen-bond donors (Lipinski definition) is 3. The van der Waals surface area contributed by atoms with Crippen LogP contribution in [0.5, 0.6) is 5.75 Å². The molecular formula is C10H13FN2O3. The molecule has 0 saturated heterocycles. The number of carbonyl (C=O) groups is 1. The molecule has 88 valence electrons. The predicted octanol–water partition coefficient (Wildman–Crippen LogP) is 0.716. The molecule has 0 spiro atoms. The van der Waals surface area contributed by atoms with Crippen LogP contribution in [0.1, 0.15) is 5.56 Å². The van der Waals surface area contributed by atoms with E-state index in [1.807, 2.05) is 0 Å². The predicted molar refractivity (Wildman–Crippen MR) is 55.3 cm³/mol. The largest absolute Gasteiger partial charge is 0.508 e. The van der Waals surface area contributed by atoms with Crippen molar-refractivity contribution < 1.29 is 19.0 Å². The molecule has 1 aromatic rings. The van der Waals surface area contributed by atoms with Crippen molar-refractivity contribution in [3.05, 3.63) is 29.6 Å². The second-order valence-corrected chi connectivity index (χ2v) is 3.12. The van der Waals surface area contributed by atoms with E-state index < -0.39 is 11.9 Å². The highest BCUT2D eigenvalue weighted by Crippen LogP contribution is 2.17. The lowest BCUT2D eigenvalue weighted by Crippen LogP contribution is -2.23. The van der Waals surface area contributed by atoms with Gasteiger partial charge in [-0.25, -0.2) is 9.18 Å². The molecule has 16 heavy (non-hydrogen) atoms. The highest BCUT2D eigenvalue weighted by Gasteiger charge is 2.02. The Labute approximate surface area is 92.0 Å². The third kappa shape index (κ3) is 4.14. The number of ether oxygens (including phenoxy) is 1. The number of carbonyl (C=O) groups excluding carboxylic acids is 1. The summed E-state index contributed by atoms with van der Waals surface area (Å²) in [6.07, 6.45) is -0.838. The first-order valence-corrected chi connectivity index (χ1v) is 4.70. The van der Waals surface area contributed by atoms with Gasteiger partial charge >= 0.3 is 6.09 Å². The zero-order valence-corrected chi connectivity index (χ0v) is 8.57. The van der Waals surface area contributed by atoms with Gasteiger partial charge in [0.05, 0.1) is 0 Å². The number of rotatable bonds is 5. The maximum atomic E-state index is 12.8. The zero-order chi connectivity index (χ0) is 12.0. The minimum atomic E-state index is -0.838. The van der Waals surface area contributed by atoms with E-state index in [1.54, 1.807) is 0 Å². The molecule has 0 aliphatic carbocycles. The highest BCUT2D eigenvalue weighted by molar-refractivity contribution is 5.64. The monoisotopic (exact) mass is 228 g/mol. The summed E-state index contributed by atoms with van der Waals surface area (Å²) in [6.45, 7) is 0.788. The van der Waals surface area contributed by atoms with E-state index in [2.05, 4.69) is 10.1 Å². The average molecular weight is 228 g/mol. The van der Waals surface area contributed by atoms with E-state index in [0.717, 1.165) is 0 Å². The minimum Gasteiger partial charge on any atom is -0.508 e. The third-order valence-corrected chi connectivity index (χ3v) is 1.88. The van der Waals surface area contributed by atoms with Crippen LogP contribution in [0.2, 0.25) is 0 Å². The number of nitrogens with one attached hydrogen (secondary N) is 1. The number of hydrogen-bond acceptors (Lipinski definition) is 4. The Morgan fingerprint density at radius 3 is 3.00 bits per heavy atom. The Morgan fingerprint density at radius 2 is 2.31 bits per heavy atom. The summed E-state index contributed by atoms with van der Waals surface area (Å²) in [7, 11) is 0. The summed E-state index contributed by atoms with van der Waals surface area (Å²) in [6, 6.07) is 3.69. The number of benzene rings is 1. The first-order chi connectivity index (χ1) is 7.59. The van der Waals surface area contributed by atoms with E-state index in [9.17, 15) is 14.3 Å². The van der Waals surface area contributed by atoms with Crippen LogP contribution in [0.4, 0.5) is 9.18 Å². The van der Waals surface area contributed by atoms with Crippen molar-refractivity contribution in [2.75, 3.05) is 13.2 Å². The van der Waals surface area contributed by atoms with Gasteiger partial charge in [0.2, 0.25) is 0 Å². The fraction of sp³-hybridized carbons (Fsp3) is 0.300. The van der Waals surface area contributed by atoms with Gasteiger partial charge in [0.1, 0.15) is 18.2 Å². The molecule has 1 rings (SSSR count). The molecule has 0 radical (unpaired) electrons. The van der Waals surface area contributed by atoms with Gasteiger partial charge in [-0.3, -0.25) is 0 Å². The first kappa shape index (κ1) is 12.3. The van der Waals surface area contributed by atoms with Crippen LogP contribution in [-0.2, 0) is 11.3 Å². The summed E-state index contributed by atoms with van der Waals surface area (Å²) in [5.41, 5.74) is 5.19. The number of nitrogens with two attached hydrogens (primary N) is 1. The van der Waals surface area contributed by atoms with Crippen LogP contribution in [0, 0.1) is 5.82 Å². The molecule has 5 nitrogen and oxygen atoms in total. The number of primary amides is 1. The molecule has 0 unspecified atom stereocenters. The molecule has 0 fully saturated rings. The van der Waals surface area contributed by atoms with Crippen LogP contribution in [-0.4, -0.2) is 24.4 Å². The van der Waals surface area contributed by atoms with E-state index in [-0.39, 0.29) is 18.9 Å². The molecule has 0 aliphatic rings. The lowest BCUT2D eigenvalue weighted by molar-refractivity contribution is 0.157. The summed E-state index contributed by atoms with van der Waals surface area (Å²) >= 11 is 0. The average Bonchev–Trinajstić information content (AvgIpc) is 2.22. The fourth-order valence-electron chi connectivity index (χ4n) is 1.14. The van der Waals surface area contributed by atoms with Gasteiger partial charge in [-0.05, 0) is 18.2 Å². The molecule has 1 aromatic carbocycles. The van der Waals surface area contributed by atoms with Gasteiger partial charge in [-0.2, -0.15) is 0 Å². The molecule has 4 N–H and O–H groups in total. The van der Waals surface area contributed by atoms with E-state index in [0.29, 0.717) is 12.1 Å². The van der Waals surface area contributed by atoms with Crippen LogP contribution in [0.15, 0.2) is 18.2 Å². The standard InChI is InChI=1S/C10H13FN2O3/c11-8-1-2-9(14)7(5-8)6-13-3-4-16-10(12)15/h1-2,5,13-14H,3-4,6H2,(H2,12,15). The van der Waals surface area contributed by atoms with Gasteiger partial charge in [-0.1, -0.05) is 0 Å². The summed E-state index contributed by atoms with van der Waals surface area (Å²) in [5, 5.41) is 12.2. The number of halogens is 1. The van der Waals surface area contributed by atoms with Crippen molar-refractivity contribution in [2.24, 2.45) is 5.73 Å². The summed E-state index contributed by atoms with van der Waals surface area (Å²) in [5.74, 6) is -0.396. The van der Waals surface area contributed by atoms with Crippen molar-refractivity contribution >= 4 is 6.09 Å². The van der Waals surface area contributed by atoms with Crippen molar-refractivity contribution in [1.29, 1.82) is 0 Å². The van der Waals surface area contributed by atoms with Gasteiger partial charge in [0, 0.05) is 18.7 Å². The SMILES string of the molecule is NC(=O)OCCNCc1cc(F)ccc1O. The Hall–Kier alpha value is -1.82. The lowest BCUT2D eigenvalue weighted by Gasteiger charge is -2.06. The van der Waals surface area contributed by atoms with Crippen LogP contribution < -0.4 is 11.1 Å². The van der Waals surface area contributed by atoms with E-state index in [1.165, 1.54) is 18.2 Å². The third-order valence-electron chi connectivity index (χ3n) is 1.88. The Bertz CT molecular complexity index is 371. The summed E-state index contributed by atoms with van der Waals surface area (Å²) < 4.78 is 17.3. The van der Waals surface area contributed by atoms with Crippen molar-refractivity contribution in [3.8, 4) is 5.75 Å². The Morgan fingerprint density at radius 1 is 1.56 bits per heavy atom. The molecule has 0 atom stereocenters. The lowest BCUT2D eigenvalue weighted by atomic mass is 10.2. The topological polar surface area (TPSA) is 84.6 Å². The zero-order valence-electron chi connectivity index (χ0n) is 8.57. The van der Waals surface area contributed by atoms with Crippen LogP contribution in [0.3, 0.4) is 0 Å². The number of aromatic hydroxyl groups is 1. The number of phenols is 1. The minimum absolute atomic E-state index is 0.0183. The van der Waals surface area contributed by atoms with Crippen molar-refractivity contribution in [3.63, 3.8) is 0 Å². The Balaban J connectivity index is 2.31. The smallest absolute Gasteiger partial charge is 0.404 e. The second kappa shape index (κ2) is 5.92. The fourth-order valence-corrected chi connectivity index (χ4v) is 1.14.